The summed E-state index contributed by atoms with van der Waals surface area (Å²) < 4.78 is 0. The van der Waals surface area contributed by atoms with Crippen molar-refractivity contribution in [2.75, 3.05) is 76.1 Å². The summed E-state index contributed by atoms with van der Waals surface area (Å²) in [4.78, 5) is 35.3. The number of anilines is 9. The van der Waals surface area contributed by atoms with Crippen molar-refractivity contribution in [1.29, 1.82) is 0 Å². The van der Waals surface area contributed by atoms with Crippen LogP contribution in [0.1, 0.15) is 0 Å². The second kappa shape index (κ2) is 9.62. The molecule has 0 aliphatic rings. The minimum Gasteiger partial charge on any atom is -0.368 e. The van der Waals surface area contributed by atoms with Crippen molar-refractivity contribution in [3.63, 3.8) is 0 Å². The van der Waals surface area contributed by atoms with E-state index in [1.165, 1.54) is 0 Å². The van der Waals surface area contributed by atoms with Crippen molar-refractivity contribution in [2.24, 2.45) is 0 Å². The fourth-order valence-corrected chi connectivity index (χ4v) is 2.22. The number of nitrogens with zero attached hydrogens (tertiary/aromatic N) is 9. The topological polar surface area (TPSA) is 294 Å². The van der Waals surface area contributed by atoms with E-state index >= 15 is 0 Å². The van der Waals surface area contributed by atoms with Crippen LogP contribution in [0.5, 0.6) is 0 Å². The molecule has 0 unspecified atom stereocenters. The highest BCUT2D eigenvalue weighted by atomic mass is 15.3. The Morgan fingerprint density at radius 3 is 0.871 bits per heavy atom. The number of hydrogen-bond acceptors (Lipinski definition) is 18. The summed E-state index contributed by atoms with van der Waals surface area (Å²) in [5, 5.41) is 11.9. The zero-order valence-electron chi connectivity index (χ0n) is 16.2. The van der Waals surface area contributed by atoms with Gasteiger partial charge in [0.15, 0.2) is 0 Å². The standard InChI is InChI=1S/C13H22N18/c14-5-23-6(15)26-10(25-5)19-1-3-21-12-29-9(18)30-13(31-12)22-4-2-20-11-27-7(16)24-8(17)28-11/h1-4H2,(H5,14,15,19,23,25,26)(H5,16,17,20,24,27,28)(H4,18,21,22,29,30,31). The first kappa shape index (κ1) is 21.0. The second-order valence-electron chi connectivity index (χ2n) is 5.80. The summed E-state index contributed by atoms with van der Waals surface area (Å²) in [7, 11) is 0. The number of nitrogen functional groups attached to an aromatic ring is 5. The average Bonchev–Trinajstić information content (AvgIpc) is 2.67. The Morgan fingerprint density at radius 1 is 0.355 bits per heavy atom. The van der Waals surface area contributed by atoms with E-state index in [0.717, 1.165) is 0 Å². The average molecular weight is 430 g/mol. The van der Waals surface area contributed by atoms with Gasteiger partial charge in [-0.05, 0) is 0 Å². The van der Waals surface area contributed by atoms with Gasteiger partial charge in [0.1, 0.15) is 0 Å². The lowest BCUT2D eigenvalue weighted by Gasteiger charge is -2.10. The van der Waals surface area contributed by atoms with E-state index in [-0.39, 0.29) is 53.5 Å². The van der Waals surface area contributed by atoms with Gasteiger partial charge in [0, 0.05) is 26.2 Å². The first-order chi connectivity index (χ1) is 14.9. The van der Waals surface area contributed by atoms with Crippen LogP contribution in [0, 0.1) is 0 Å². The summed E-state index contributed by atoms with van der Waals surface area (Å²) in [5.74, 6) is 1.27. The van der Waals surface area contributed by atoms with Crippen molar-refractivity contribution < 1.29 is 0 Å². The molecule has 3 aromatic rings. The lowest BCUT2D eigenvalue weighted by molar-refractivity contribution is 0.955. The third kappa shape index (κ3) is 6.66. The highest BCUT2D eigenvalue weighted by Gasteiger charge is 2.06. The third-order valence-corrected chi connectivity index (χ3v) is 3.38. The maximum absolute atomic E-state index is 5.73. The minimum atomic E-state index is 0.0286. The molecule has 14 N–H and O–H groups in total. The molecule has 0 saturated heterocycles. The Hall–Kier alpha value is -4.77. The maximum atomic E-state index is 5.73. The predicted octanol–water partition coefficient (Wildman–Crippen LogP) is -2.80. The van der Waals surface area contributed by atoms with Crippen molar-refractivity contribution >= 4 is 53.5 Å². The molecule has 0 amide bonds. The highest BCUT2D eigenvalue weighted by molar-refractivity contribution is 5.41. The van der Waals surface area contributed by atoms with Gasteiger partial charge in [-0.25, -0.2) is 0 Å². The third-order valence-electron chi connectivity index (χ3n) is 3.38. The van der Waals surface area contributed by atoms with Crippen LogP contribution >= 0.6 is 0 Å². The predicted molar refractivity (Wildman–Crippen MR) is 116 cm³/mol. The molecule has 31 heavy (non-hydrogen) atoms. The Morgan fingerprint density at radius 2 is 0.581 bits per heavy atom. The van der Waals surface area contributed by atoms with Crippen LogP contribution in [0.4, 0.5) is 53.5 Å². The van der Waals surface area contributed by atoms with Gasteiger partial charge in [-0.15, -0.1) is 0 Å². The second-order valence-corrected chi connectivity index (χ2v) is 5.80. The van der Waals surface area contributed by atoms with E-state index in [0.29, 0.717) is 26.2 Å². The SMILES string of the molecule is Nc1nc(N)nc(NCCNc2nc(N)nc(NCCNc3nc(N)nc(N)n3)n2)n1. The van der Waals surface area contributed by atoms with Gasteiger partial charge in [-0.3, -0.25) is 0 Å². The number of rotatable bonds is 10. The molecule has 3 rings (SSSR count). The number of nitrogens with one attached hydrogen (secondary N) is 4. The van der Waals surface area contributed by atoms with Crippen LogP contribution in [0.3, 0.4) is 0 Å². The molecule has 0 radical (unpaired) electrons. The zero-order chi connectivity index (χ0) is 22.2. The van der Waals surface area contributed by atoms with Crippen LogP contribution in [0.2, 0.25) is 0 Å². The highest BCUT2D eigenvalue weighted by Crippen LogP contribution is 2.07. The van der Waals surface area contributed by atoms with Crippen LogP contribution in [-0.2, 0) is 0 Å². The molecule has 3 aromatic heterocycles. The van der Waals surface area contributed by atoms with E-state index in [2.05, 4.69) is 66.1 Å². The number of hydrogen-bond donors (Lipinski definition) is 9. The molecule has 164 valence electrons. The van der Waals surface area contributed by atoms with Crippen molar-refractivity contribution in [3.8, 4) is 0 Å². The summed E-state index contributed by atoms with van der Waals surface area (Å²) >= 11 is 0. The van der Waals surface area contributed by atoms with E-state index in [4.69, 9.17) is 28.7 Å². The lowest BCUT2D eigenvalue weighted by atomic mass is 10.6. The van der Waals surface area contributed by atoms with Crippen LogP contribution in [0.15, 0.2) is 0 Å². The van der Waals surface area contributed by atoms with Crippen LogP contribution in [0.25, 0.3) is 0 Å². The van der Waals surface area contributed by atoms with Crippen LogP contribution in [-0.4, -0.2) is 71.0 Å². The fraction of sp³-hybridized carbons (Fsp3) is 0.308. The molecular formula is C13H22N18. The van der Waals surface area contributed by atoms with Gasteiger partial charge < -0.3 is 49.9 Å². The maximum Gasteiger partial charge on any atom is 0.229 e. The Kier molecular flexibility index (Phi) is 6.50. The minimum absolute atomic E-state index is 0.0286. The monoisotopic (exact) mass is 430 g/mol. The van der Waals surface area contributed by atoms with Gasteiger partial charge in [0.05, 0.1) is 0 Å². The Bertz CT molecular complexity index is 905. The smallest absolute Gasteiger partial charge is 0.229 e. The molecule has 0 atom stereocenters. The van der Waals surface area contributed by atoms with Gasteiger partial charge in [0.2, 0.25) is 53.5 Å². The van der Waals surface area contributed by atoms with E-state index < -0.39 is 0 Å². The van der Waals surface area contributed by atoms with E-state index in [1.807, 2.05) is 0 Å². The molecule has 0 aliphatic carbocycles. The molecule has 18 nitrogen and oxygen atoms in total. The molecule has 0 spiro atoms. The normalized spacial score (nSPS) is 10.5. The first-order valence-corrected chi connectivity index (χ1v) is 8.88. The van der Waals surface area contributed by atoms with Gasteiger partial charge in [-0.1, -0.05) is 0 Å². The lowest BCUT2D eigenvalue weighted by Crippen LogP contribution is -2.20. The van der Waals surface area contributed by atoms with E-state index in [9.17, 15) is 0 Å². The van der Waals surface area contributed by atoms with E-state index in [1.54, 1.807) is 0 Å². The summed E-state index contributed by atoms with van der Waals surface area (Å²) in [6.07, 6.45) is 0. The molecule has 0 bridgehead atoms. The first-order valence-electron chi connectivity index (χ1n) is 8.88. The van der Waals surface area contributed by atoms with Crippen molar-refractivity contribution in [1.82, 2.24) is 44.9 Å². The van der Waals surface area contributed by atoms with Gasteiger partial charge >= 0.3 is 0 Å². The van der Waals surface area contributed by atoms with Crippen molar-refractivity contribution in [2.45, 2.75) is 0 Å². The molecule has 0 saturated carbocycles. The van der Waals surface area contributed by atoms with Crippen molar-refractivity contribution in [3.05, 3.63) is 0 Å². The molecule has 3 heterocycles. The van der Waals surface area contributed by atoms with Gasteiger partial charge in [0.25, 0.3) is 0 Å². The molecule has 18 heteroatoms. The molecular weight excluding hydrogens is 408 g/mol. The largest absolute Gasteiger partial charge is 0.368 e. The number of nitrogens with two attached hydrogens (primary N) is 5. The van der Waals surface area contributed by atoms with Gasteiger partial charge in [-0.2, -0.15) is 44.9 Å². The molecule has 0 aliphatic heterocycles. The number of aromatic nitrogens is 9. The summed E-state index contributed by atoms with van der Waals surface area (Å²) in [6.45, 7) is 1.72. The molecule has 0 aromatic carbocycles. The fourth-order valence-electron chi connectivity index (χ4n) is 2.22. The van der Waals surface area contributed by atoms with Crippen LogP contribution < -0.4 is 49.9 Å². The molecule has 0 fully saturated rings. The zero-order valence-corrected chi connectivity index (χ0v) is 16.2. The Labute approximate surface area is 175 Å². The quantitative estimate of drug-likeness (QED) is 0.147. The summed E-state index contributed by atoms with van der Waals surface area (Å²) in [5.41, 5.74) is 27.8. The summed E-state index contributed by atoms with van der Waals surface area (Å²) in [6, 6.07) is 0. The Balaban J connectivity index is 1.44.